The summed E-state index contributed by atoms with van der Waals surface area (Å²) in [6, 6.07) is 0. The van der Waals surface area contributed by atoms with Crippen molar-refractivity contribution in [1.82, 2.24) is 0 Å². The predicted octanol–water partition coefficient (Wildman–Crippen LogP) is 23.3. The van der Waals surface area contributed by atoms with Gasteiger partial charge in [0.25, 0.3) is 0 Å². The molecule has 0 aromatic carbocycles. The van der Waals surface area contributed by atoms with Gasteiger partial charge in [0.2, 0.25) is 0 Å². The van der Waals surface area contributed by atoms with Crippen LogP contribution in [0, 0.1) is 0 Å². The van der Waals surface area contributed by atoms with Crippen LogP contribution in [0.15, 0.2) is 134 Å². The smallest absolute Gasteiger partial charge is 0.306 e. The topological polar surface area (TPSA) is 78.9 Å². The molecule has 6 nitrogen and oxygen atoms in total. The summed E-state index contributed by atoms with van der Waals surface area (Å²) in [6.07, 6.45) is 96.0. The van der Waals surface area contributed by atoms with Gasteiger partial charge in [0, 0.05) is 19.3 Å². The maximum Gasteiger partial charge on any atom is 0.306 e. The van der Waals surface area contributed by atoms with Gasteiger partial charge in [-0.15, -0.1) is 0 Å². The van der Waals surface area contributed by atoms with Crippen molar-refractivity contribution in [2.75, 3.05) is 13.2 Å². The van der Waals surface area contributed by atoms with Crippen LogP contribution in [0.4, 0.5) is 0 Å². The van der Waals surface area contributed by atoms with E-state index in [0.29, 0.717) is 19.3 Å². The van der Waals surface area contributed by atoms with Gasteiger partial charge >= 0.3 is 17.9 Å². The van der Waals surface area contributed by atoms with E-state index in [9.17, 15) is 14.4 Å². The summed E-state index contributed by atoms with van der Waals surface area (Å²) in [7, 11) is 0. The Kier molecular flexibility index (Phi) is 64.3. The van der Waals surface area contributed by atoms with E-state index in [1.54, 1.807) is 0 Å². The molecule has 0 spiro atoms. The highest BCUT2D eigenvalue weighted by molar-refractivity contribution is 5.71. The molecule has 0 aromatic heterocycles. The molecular formula is C75H124O6. The molecule has 6 heteroatoms. The molecule has 0 rings (SSSR count). The standard InChI is InChI=1S/C75H124O6/c1-4-7-10-13-16-19-22-25-28-31-33-34-35-36-37-38-39-40-41-42-43-45-47-50-53-56-59-62-65-68-74(77)80-71-72(70-79-73(76)67-64-61-58-55-52-49-46-30-27-24-21-18-15-12-9-6-3)81-75(78)69-66-63-60-57-54-51-48-44-32-29-26-23-20-17-14-11-8-5-2/h7,10,16,19-20,23,25,28-29,32-34,36-37,39-40,42-43,47,50,56,59,72H,4-6,8-9,11-15,17-18,21-22,24,26-27,30-31,35,38,41,44-46,48-49,51-55,57-58,60-71H2,1-3H3/b10-7-,19-16-,23-20-,28-25-,32-29-,34-33-,37-36-,40-39-,43-42-,50-47-,59-56-. The molecular weight excluding hydrogens is 997 g/mol. The lowest BCUT2D eigenvalue weighted by Gasteiger charge is -2.18. The number of allylic oxidation sites excluding steroid dienone is 22. The number of esters is 3. The molecule has 0 saturated carbocycles. The third kappa shape index (κ3) is 66.2. The van der Waals surface area contributed by atoms with Gasteiger partial charge in [0.15, 0.2) is 6.10 Å². The Hall–Kier alpha value is -4.45. The second-order valence-corrected chi connectivity index (χ2v) is 22.0. The van der Waals surface area contributed by atoms with Crippen LogP contribution in [0.5, 0.6) is 0 Å². The number of hydrogen-bond donors (Lipinski definition) is 0. The zero-order chi connectivity index (χ0) is 58.5. The minimum atomic E-state index is -0.810. The van der Waals surface area contributed by atoms with Crippen LogP contribution in [0.3, 0.4) is 0 Å². The van der Waals surface area contributed by atoms with Gasteiger partial charge in [-0.05, 0) is 116 Å². The van der Waals surface area contributed by atoms with E-state index in [4.69, 9.17) is 14.2 Å². The van der Waals surface area contributed by atoms with Gasteiger partial charge in [0.05, 0.1) is 0 Å². The van der Waals surface area contributed by atoms with Crippen LogP contribution < -0.4 is 0 Å². The summed E-state index contributed by atoms with van der Waals surface area (Å²) >= 11 is 0. The Balaban J connectivity index is 4.47. The Bertz CT molecular complexity index is 1720. The summed E-state index contributed by atoms with van der Waals surface area (Å²) in [5.74, 6) is -0.963. The van der Waals surface area contributed by atoms with Crippen molar-refractivity contribution in [3.63, 3.8) is 0 Å². The summed E-state index contributed by atoms with van der Waals surface area (Å²) in [4.78, 5) is 38.4. The summed E-state index contributed by atoms with van der Waals surface area (Å²) < 4.78 is 16.9. The average molecular weight is 1120 g/mol. The van der Waals surface area contributed by atoms with E-state index in [2.05, 4.69) is 154 Å². The second kappa shape index (κ2) is 68.1. The first-order valence-electron chi connectivity index (χ1n) is 33.7. The monoisotopic (exact) mass is 1120 g/mol. The van der Waals surface area contributed by atoms with Crippen LogP contribution in [0.2, 0.25) is 0 Å². The fraction of sp³-hybridized carbons (Fsp3) is 0.667. The van der Waals surface area contributed by atoms with E-state index in [0.717, 1.165) is 116 Å². The molecule has 0 aliphatic carbocycles. The van der Waals surface area contributed by atoms with Crippen molar-refractivity contribution in [3.8, 4) is 0 Å². The Morgan fingerprint density at radius 3 is 0.815 bits per heavy atom. The lowest BCUT2D eigenvalue weighted by molar-refractivity contribution is -0.167. The van der Waals surface area contributed by atoms with Crippen molar-refractivity contribution >= 4 is 17.9 Å². The number of carbonyl (C=O) groups is 3. The lowest BCUT2D eigenvalue weighted by atomic mass is 10.0. The van der Waals surface area contributed by atoms with Crippen LogP contribution in [-0.2, 0) is 28.6 Å². The highest BCUT2D eigenvalue weighted by Gasteiger charge is 2.19. The molecule has 0 saturated heterocycles. The summed E-state index contributed by atoms with van der Waals surface area (Å²) in [5.41, 5.74) is 0. The van der Waals surface area contributed by atoms with Crippen molar-refractivity contribution in [3.05, 3.63) is 134 Å². The van der Waals surface area contributed by atoms with Crippen LogP contribution in [0.25, 0.3) is 0 Å². The molecule has 0 aromatic rings. The molecule has 0 radical (unpaired) electrons. The molecule has 0 aliphatic heterocycles. The Labute approximate surface area is 500 Å². The van der Waals surface area contributed by atoms with Crippen LogP contribution in [0.1, 0.15) is 303 Å². The van der Waals surface area contributed by atoms with Crippen molar-refractivity contribution in [2.24, 2.45) is 0 Å². The van der Waals surface area contributed by atoms with Gasteiger partial charge in [-0.25, -0.2) is 0 Å². The molecule has 0 fully saturated rings. The fourth-order valence-corrected chi connectivity index (χ4v) is 9.12. The quantitative estimate of drug-likeness (QED) is 0.0261. The van der Waals surface area contributed by atoms with E-state index >= 15 is 0 Å². The van der Waals surface area contributed by atoms with E-state index in [1.807, 2.05) is 0 Å². The number of hydrogen-bond acceptors (Lipinski definition) is 6. The first kappa shape index (κ1) is 76.5. The van der Waals surface area contributed by atoms with Crippen LogP contribution >= 0.6 is 0 Å². The minimum Gasteiger partial charge on any atom is -0.462 e. The van der Waals surface area contributed by atoms with Gasteiger partial charge in [-0.2, -0.15) is 0 Å². The van der Waals surface area contributed by atoms with E-state index in [1.165, 1.54) is 141 Å². The van der Waals surface area contributed by atoms with Crippen LogP contribution in [-0.4, -0.2) is 37.2 Å². The largest absolute Gasteiger partial charge is 0.462 e. The zero-order valence-corrected chi connectivity index (χ0v) is 52.8. The molecule has 1 atom stereocenters. The third-order valence-electron chi connectivity index (χ3n) is 14.1. The lowest BCUT2D eigenvalue weighted by Crippen LogP contribution is -2.30. The normalized spacial score (nSPS) is 13.0. The summed E-state index contributed by atoms with van der Waals surface area (Å²) in [5, 5.41) is 0. The number of rotatable bonds is 60. The molecule has 0 N–H and O–H groups in total. The van der Waals surface area contributed by atoms with Gasteiger partial charge < -0.3 is 14.2 Å². The van der Waals surface area contributed by atoms with Crippen molar-refractivity contribution in [2.45, 2.75) is 309 Å². The molecule has 81 heavy (non-hydrogen) atoms. The SMILES string of the molecule is CC/C=C\C/C=C\C/C=C\C/C=C\C/C=C\C/C=C\C/C=C\C/C=C\C/C=C\CCCC(=O)OCC(COC(=O)CCCCCCCCCCCCCCCCCC)OC(=O)CCCCCCCCC/C=C\C/C=C\CCCCCC. The first-order chi connectivity index (χ1) is 40.0. The maximum absolute atomic E-state index is 12.9. The fourth-order valence-electron chi connectivity index (χ4n) is 9.12. The minimum absolute atomic E-state index is 0.1000. The van der Waals surface area contributed by atoms with Gasteiger partial charge in [0.1, 0.15) is 13.2 Å². The number of carbonyl (C=O) groups excluding carboxylic acids is 3. The van der Waals surface area contributed by atoms with E-state index in [-0.39, 0.29) is 37.5 Å². The predicted molar refractivity (Wildman–Crippen MR) is 353 cm³/mol. The zero-order valence-electron chi connectivity index (χ0n) is 52.8. The Morgan fingerprint density at radius 2 is 0.494 bits per heavy atom. The molecule has 0 bridgehead atoms. The first-order valence-corrected chi connectivity index (χ1v) is 33.7. The van der Waals surface area contributed by atoms with Crippen molar-refractivity contribution < 1.29 is 28.6 Å². The van der Waals surface area contributed by atoms with Crippen molar-refractivity contribution in [1.29, 1.82) is 0 Å². The second-order valence-electron chi connectivity index (χ2n) is 22.0. The highest BCUT2D eigenvalue weighted by atomic mass is 16.6. The maximum atomic E-state index is 12.9. The van der Waals surface area contributed by atoms with Gasteiger partial charge in [-0.1, -0.05) is 302 Å². The summed E-state index contributed by atoms with van der Waals surface area (Å²) in [6.45, 7) is 6.48. The average Bonchev–Trinajstić information content (AvgIpc) is 3.47. The molecule has 0 heterocycles. The van der Waals surface area contributed by atoms with Gasteiger partial charge in [-0.3, -0.25) is 14.4 Å². The number of ether oxygens (including phenoxy) is 3. The molecule has 460 valence electrons. The Morgan fingerprint density at radius 1 is 0.259 bits per heavy atom. The molecule has 1 unspecified atom stereocenters. The highest BCUT2D eigenvalue weighted by Crippen LogP contribution is 2.16. The molecule has 0 aliphatic rings. The molecule has 0 amide bonds. The number of unbranched alkanes of at least 4 members (excludes halogenated alkanes) is 27. The van der Waals surface area contributed by atoms with E-state index < -0.39 is 6.10 Å². The third-order valence-corrected chi connectivity index (χ3v) is 14.1.